The number of phenolic OH excluding ortho intramolecular Hbond substituents is 2. The Labute approximate surface area is 95.4 Å². The van der Waals surface area contributed by atoms with Crippen molar-refractivity contribution in [2.45, 2.75) is 12.8 Å². The molecule has 2 aliphatic rings. The third kappa shape index (κ3) is 5.58. The summed E-state index contributed by atoms with van der Waals surface area (Å²) in [6.45, 7) is 4.00. The van der Waals surface area contributed by atoms with Crippen LogP contribution in [0.3, 0.4) is 0 Å². The maximum Gasteiger partial charge on any atom is 0.157 e. The van der Waals surface area contributed by atoms with Gasteiger partial charge in [0.15, 0.2) is 11.5 Å². The molecule has 0 bridgehead atoms. The van der Waals surface area contributed by atoms with Crippen LogP contribution in [-0.2, 0) is 9.47 Å². The highest BCUT2D eigenvalue weighted by atomic mass is 16.5. The minimum absolute atomic E-state index is 0.0764. The molecule has 1 aromatic carbocycles. The van der Waals surface area contributed by atoms with E-state index in [1.54, 1.807) is 12.1 Å². The average Bonchev–Trinajstić information content (AvgIpc) is 2.04. The first-order valence-corrected chi connectivity index (χ1v) is 5.43. The van der Waals surface area contributed by atoms with E-state index in [1.165, 1.54) is 25.0 Å². The van der Waals surface area contributed by atoms with Gasteiger partial charge in [0.1, 0.15) is 0 Å². The predicted octanol–water partition coefficient (Wildman–Crippen LogP) is 1.91. The normalized spacial score (nSPS) is 16.5. The van der Waals surface area contributed by atoms with E-state index in [-0.39, 0.29) is 11.5 Å². The Morgan fingerprint density at radius 1 is 0.750 bits per heavy atom. The number of phenols is 2. The first-order chi connectivity index (χ1) is 7.80. The van der Waals surface area contributed by atoms with Crippen molar-refractivity contribution in [3.05, 3.63) is 24.3 Å². The summed E-state index contributed by atoms with van der Waals surface area (Å²) >= 11 is 0. The largest absolute Gasteiger partial charge is 0.504 e. The standard InChI is InChI=1S/C6H6O2.2C3H6O/c7-5-3-1-2-4-6(5)8;2*1-2-4-3-1/h1-4,7-8H;2*1-3H2. The molecular weight excluding hydrogens is 208 g/mol. The van der Waals surface area contributed by atoms with E-state index in [2.05, 4.69) is 0 Å². The Morgan fingerprint density at radius 2 is 1.00 bits per heavy atom. The molecule has 2 aliphatic heterocycles. The van der Waals surface area contributed by atoms with Crippen LogP contribution in [0.2, 0.25) is 0 Å². The molecule has 1 aromatic rings. The molecule has 2 saturated heterocycles. The van der Waals surface area contributed by atoms with E-state index >= 15 is 0 Å². The van der Waals surface area contributed by atoms with E-state index in [0.717, 1.165) is 26.4 Å². The van der Waals surface area contributed by atoms with Crippen LogP contribution in [0.1, 0.15) is 12.8 Å². The third-order valence-corrected chi connectivity index (χ3v) is 2.04. The van der Waals surface area contributed by atoms with E-state index in [9.17, 15) is 0 Å². The maximum atomic E-state index is 8.67. The van der Waals surface area contributed by atoms with Crippen molar-refractivity contribution in [2.24, 2.45) is 0 Å². The molecule has 0 amide bonds. The Hall–Kier alpha value is -1.26. The van der Waals surface area contributed by atoms with Gasteiger partial charge in [-0.1, -0.05) is 12.1 Å². The number of aromatic hydroxyl groups is 2. The Morgan fingerprint density at radius 3 is 1.12 bits per heavy atom. The lowest BCUT2D eigenvalue weighted by molar-refractivity contribution is 0.0366. The van der Waals surface area contributed by atoms with Gasteiger partial charge >= 0.3 is 0 Å². The Kier molecular flexibility index (Phi) is 6.37. The zero-order valence-corrected chi connectivity index (χ0v) is 9.26. The minimum Gasteiger partial charge on any atom is -0.504 e. The summed E-state index contributed by atoms with van der Waals surface area (Å²) in [7, 11) is 0. The molecule has 2 N–H and O–H groups in total. The number of hydrogen-bond donors (Lipinski definition) is 2. The van der Waals surface area contributed by atoms with Crippen LogP contribution in [0, 0.1) is 0 Å². The lowest BCUT2D eigenvalue weighted by Gasteiger charge is -2.09. The molecule has 4 nitrogen and oxygen atoms in total. The highest BCUT2D eigenvalue weighted by Crippen LogP contribution is 2.21. The van der Waals surface area contributed by atoms with Crippen LogP contribution >= 0.6 is 0 Å². The number of ether oxygens (including phenoxy) is 2. The molecule has 0 atom stereocenters. The second-order valence-electron chi connectivity index (χ2n) is 3.42. The van der Waals surface area contributed by atoms with E-state index in [0.29, 0.717) is 0 Å². The van der Waals surface area contributed by atoms with Crippen molar-refractivity contribution < 1.29 is 19.7 Å². The molecule has 16 heavy (non-hydrogen) atoms. The molecule has 2 fully saturated rings. The lowest BCUT2D eigenvalue weighted by atomic mass is 10.3. The van der Waals surface area contributed by atoms with Crippen molar-refractivity contribution in [2.75, 3.05) is 26.4 Å². The van der Waals surface area contributed by atoms with Crippen LogP contribution in [0.15, 0.2) is 24.3 Å². The topological polar surface area (TPSA) is 58.9 Å². The van der Waals surface area contributed by atoms with Gasteiger partial charge in [-0.25, -0.2) is 0 Å². The third-order valence-electron chi connectivity index (χ3n) is 2.04. The van der Waals surface area contributed by atoms with Crippen LogP contribution in [0.25, 0.3) is 0 Å². The summed E-state index contributed by atoms with van der Waals surface area (Å²) in [4.78, 5) is 0. The molecule has 0 aliphatic carbocycles. The molecule has 0 saturated carbocycles. The molecular formula is C12H18O4. The second-order valence-corrected chi connectivity index (χ2v) is 3.42. The summed E-state index contributed by atoms with van der Waals surface area (Å²) in [6, 6.07) is 6.15. The van der Waals surface area contributed by atoms with Gasteiger partial charge < -0.3 is 19.7 Å². The highest BCUT2D eigenvalue weighted by molar-refractivity contribution is 5.36. The van der Waals surface area contributed by atoms with E-state index in [1.807, 2.05) is 0 Å². The van der Waals surface area contributed by atoms with Crippen molar-refractivity contribution in [3.63, 3.8) is 0 Å². The fourth-order valence-electron chi connectivity index (χ4n) is 0.753. The SMILES string of the molecule is C1COC1.C1COC1.Oc1ccccc1O. The highest BCUT2D eigenvalue weighted by Gasteiger charge is 1.95. The van der Waals surface area contributed by atoms with Crippen LogP contribution in [0.4, 0.5) is 0 Å². The average molecular weight is 226 g/mol. The van der Waals surface area contributed by atoms with Crippen molar-refractivity contribution in [3.8, 4) is 11.5 Å². The minimum atomic E-state index is -0.0764. The summed E-state index contributed by atoms with van der Waals surface area (Å²) in [5, 5.41) is 17.3. The van der Waals surface area contributed by atoms with E-state index < -0.39 is 0 Å². The quantitative estimate of drug-likeness (QED) is 0.663. The molecule has 0 aromatic heterocycles. The van der Waals surface area contributed by atoms with Gasteiger partial charge in [-0.15, -0.1) is 0 Å². The molecule has 2 heterocycles. The van der Waals surface area contributed by atoms with Crippen LogP contribution in [-0.4, -0.2) is 36.6 Å². The molecule has 0 radical (unpaired) electrons. The van der Waals surface area contributed by atoms with Gasteiger partial charge in [-0.2, -0.15) is 0 Å². The fourth-order valence-corrected chi connectivity index (χ4v) is 0.753. The first-order valence-electron chi connectivity index (χ1n) is 5.43. The van der Waals surface area contributed by atoms with Crippen molar-refractivity contribution in [1.82, 2.24) is 0 Å². The van der Waals surface area contributed by atoms with Gasteiger partial charge in [0.25, 0.3) is 0 Å². The van der Waals surface area contributed by atoms with Gasteiger partial charge in [0.2, 0.25) is 0 Å². The monoisotopic (exact) mass is 226 g/mol. The molecule has 0 unspecified atom stereocenters. The van der Waals surface area contributed by atoms with Crippen LogP contribution < -0.4 is 0 Å². The van der Waals surface area contributed by atoms with Crippen LogP contribution in [0.5, 0.6) is 11.5 Å². The van der Waals surface area contributed by atoms with Gasteiger partial charge in [-0.05, 0) is 25.0 Å². The summed E-state index contributed by atoms with van der Waals surface area (Å²) < 4.78 is 9.44. The smallest absolute Gasteiger partial charge is 0.157 e. The summed E-state index contributed by atoms with van der Waals surface area (Å²) in [5.41, 5.74) is 0. The Bertz CT molecular complexity index is 243. The van der Waals surface area contributed by atoms with Gasteiger partial charge in [-0.3, -0.25) is 0 Å². The maximum absolute atomic E-state index is 8.67. The Balaban J connectivity index is 0.000000133. The zero-order chi connectivity index (χ0) is 11.6. The number of hydrogen-bond acceptors (Lipinski definition) is 4. The first kappa shape index (κ1) is 12.8. The summed E-state index contributed by atoms with van der Waals surface area (Å²) in [5.74, 6) is -0.153. The summed E-state index contributed by atoms with van der Waals surface area (Å²) in [6.07, 6.45) is 2.56. The fraction of sp³-hybridized carbons (Fsp3) is 0.500. The number of para-hydroxylation sites is 2. The molecule has 0 spiro atoms. The molecule has 4 heteroatoms. The number of benzene rings is 1. The van der Waals surface area contributed by atoms with Gasteiger partial charge in [0.05, 0.1) is 0 Å². The van der Waals surface area contributed by atoms with Gasteiger partial charge in [0, 0.05) is 26.4 Å². The second kappa shape index (κ2) is 7.96. The van der Waals surface area contributed by atoms with Crippen molar-refractivity contribution in [1.29, 1.82) is 0 Å². The number of rotatable bonds is 0. The van der Waals surface area contributed by atoms with Crippen molar-refractivity contribution >= 4 is 0 Å². The molecule has 3 rings (SSSR count). The lowest BCUT2D eigenvalue weighted by Crippen LogP contribution is -2.09. The predicted molar refractivity (Wildman–Crippen MR) is 60.6 cm³/mol. The zero-order valence-electron chi connectivity index (χ0n) is 9.26. The molecule has 90 valence electrons. The van der Waals surface area contributed by atoms with E-state index in [4.69, 9.17) is 19.7 Å².